The maximum Gasteiger partial charge on any atom is 0.257 e. The van der Waals surface area contributed by atoms with Gasteiger partial charge in [0.25, 0.3) is 10.0 Å². The molecule has 0 aliphatic heterocycles. The average Bonchev–Trinajstić information content (AvgIpc) is 2.77. The summed E-state index contributed by atoms with van der Waals surface area (Å²) in [5, 5.41) is 4.88. The van der Waals surface area contributed by atoms with Crippen LogP contribution < -0.4 is 9.88 Å². The van der Waals surface area contributed by atoms with Crippen LogP contribution in [0.25, 0.3) is 0 Å². The highest BCUT2D eigenvalue weighted by Crippen LogP contribution is 2.21. The molecule has 102 valence electrons. The number of aromatic nitrogens is 2. The molecule has 2 N–H and O–H groups in total. The first-order valence-electron chi connectivity index (χ1n) is 5.58. The normalized spacial score (nSPS) is 11.5. The Balaban J connectivity index is 2.31. The van der Waals surface area contributed by atoms with Gasteiger partial charge in [-0.15, -0.1) is 0 Å². The van der Waals surface area contributed by atoms with Crippen LogP contribution in [-0.4, -0.2) is 25.1 Å². The number of methoxy groups -OCH3 is 1. The van der Waals surface area contributed by atoms with E-state index >= 15 is 0 Å². The molecule has 19 heavy (non-hydrogen) atoms. The van der Waals surface area contributed by atoms with Crippen LogP contribution in [0.5, 0.6) is 5.75 Å². The second kappa shape index (κ2) is 5.02. The minimum Gasteiger partial charge on any atom is -0.496 e. The first kappa shape index (κ1) is 13.6. The van der Waals surface area contributed by atoms with Crippen LogP contribution in [0.4, 0.5) is 0 Å². The summed E-state index contributed by atoms with van der Waals surface area (Å²) in [6.45, 7) is 2.44. The summed E-state index contributed by atoms with van der Waals surface area (Å²) in [6, 6.07) is 5.81. The number of primary sulfonamides is 1. The van der Waals surface area contributed by atoms with Gasteiger partial charge < -0.3 is 9.30 Å². The van der Waals surface area contributed by atoms with Crippen molar-refractivity contribution in [1.82, 2.24) is 9.55 Å². The zero-order valence-electron chi connectivity index (χ0n) is 10.7. The van der Waals surface area contributed by atoms with Crippen LogP contribution >= 0.6 is 0 Å². The molecule has 0 radical (unpaired) electrons. The van der Waals surface area contributed by atoms with E-state index in [0.717, 1.165) is 16.9 Å². The molecule has 6 nitrogen and oxygen atoms in total. The second-order valence-electron chi connectivity index (χ2n) is 4.24. The number of nitrogens with zero attached hydrogens (tertiary/aromatic N) is 2. The van der Waals surface area contributed by atoms with Crippen molar-refractivity contribution in [3.8, 4) is 5.75 Å². The molecule has 7 heteroatoms. The fourth-order valence-corrected chi connectivity index (χ4v) is 2.28. The van der Waals surface area contributed by atoms with E-state index in [2.05, 4.69) is 4.98 Å². The molecular formula is C12H15N3O3S. The fraction of sp³-hybridized carbons (Fsp3) is 0.250. The smallest absolute Gasteiger partial charge is 0.257 e. The van der Waals surface area contributed by atoms with Crippen molar-refractivity contribution >= 4 is 10.0 Å². The lowest BCUT2D eigenvalue weighted by molar-refractivity contribution is 0.408. The third kappa shape index (κ3) is 3.12. The van der Waals surface area contributed by atoms with Gasteiger partial charge in [0.05, 0.1) is 20.0 Å². The van der Waals surface area contributed by atoms with Crippen LogP contribution in [0.1, 0.15) is 11.1 Å². The maximum absolute atomic E-state index is 11.2. The molecule has 0 spiro atoms. The van der Waals surface area contributed by atoms with Crippen LogP contribution in [0.15, 0.2) is 35.7 Å². The SMILES string of the molecule is COc1ccc(C)cc1Cn1cnc(S(N)(=O)=O)c1. The first-order chi connectivity index (χ1) is 8.90. The second-order valence-corrected chi connectivity index (χ2v) is 5.75. The summed E-state index contributed by atoms with van der Waals surface area (Å²) in [7, 11) is -2.17. The summed E-state index contributed by atoms with van der Waals surface area (Å²) in [4.78, 5) is 3.77. The zero-order valence-corrected chi connectivity index (χ0v) is 11.5. The molecule has 1 heterocycles. The number of nitrogens with two attached hydrogens (primary N) is 1. The van der Waals surface area contributed by atoms with Crippen LogP contribution in [0.2, 0.25) is 0 Å². The first-order valence-corrected chi connectivity index (χ1v) is 7.13. The lowest BCUT2D eigenvalue weighted by atomic mass is 10.1. The van der Waals surface area contributed by atoms with Gasteiger partial charge in [0.15, 0.2) is 5.03 Å². The van der Waals surface area contributed by atoms with Crippen LogP contribution in [0.3, 0.4) is 0 Å². The molecule has 2 rings (SSSR count). The number of hydrogen-bond donors (Lipinski definition) is 1. The molecule has 0 aliphatic rings. The summed E-state index contributed by atoms with van der Waals surface area (Å²) in [5.41, 5.74) is 2.04. The van der Waals surface area contributed by atoms with E-state index in [1.807, 2.05) is 25.1 Å². The fourth-order valence-electron chi connectivity index (χ4n) is 1.80. The largest absolute Gasteiger partial charge is 0.496 e. The Kier molecular flexibility index (Phi) is 3.59. The highest BCUT2D eigenvalue weighted by Gasteiger charge is 2.12. The molecule has 0 unspecified atom stereocenters. The molecule has 0 atom stereocenters. The Bertz CT molecular complexity index is 692. The third-order valence-corrected chi connectivity index (χ3v) is 3.48. The van der Waals surface area contributed by atoms with Crippen molar-refractivity contribution in [2.75, 3.05) is 7.11 Å². The summed E-state index contributed by atoms with van der Waals surface area (Å²) in [5.74, 6) is 0.747. The third-order valence-electron chi connectivity index (χ3n) is 2.69. The molecule has 0 amide bonds. The van der Waals surface area contributed by atoms with E-state index in [1.165, 1.54) is 12.5 Å². The van der Waals surface area contributed by atoms with E-state index in [1.54, 1.807) is 11.7 Å². The number of aryl methyl sites for hydroxylation is 1. The van der Waals surface area contributed by atoms with Gasteiger partial charge in [-0.05, 0) is 13.0 Å². The summed E-state index contributed by atoms with van der Waals surface area (Å²) in [6.07, 6.45) is 2.83. The Hall–Kier alpha value is -1.86. The molecule has 2 aromatic rings. The predicted molar refractivity (Wildman–Crippen MR) is 70.4 cm³/mol. The Morgan fingerprint density at radius 1 is 1.42 bits per heavy atom. The number of sulfonamides is 1. The predicted octanol–water partition coefficient (Wildman–Crippen LogP) is 0.896. The number of ether oxygens (including phenoxy) is 1. The average molecular weight is 281 g/mol. The van der Waals surface area contributed by atoms with E-state index in [9.17, 15) is 8.42 Å². The zero-order chi connectivity index (χ0) is 14.0. The Labute approximate surface area is 111 Å². The molecule has 1 aromatic carbocycles. The molecular weight excluding hydrogens is 266 g/mol. The van der Waals surface area contributed by atoms with Gasteiger partial charge in [-0.1, -0.05) is 17.7 Å². The number of hydrogen-bond acceptors (Lipinski definition) is 4. The van der Waals surface area contributed by atoms with Gasteiger partial charge in [-0.25, -0.2) is 18.5 Å². The summed E-state index contributed by atoms with van der Waals surface area (Å²) < 4.78 is 29.2. The molecule has 0 fully saturated rings. The lowest BCUT2D eigenvalue weighted by Gasteiger charge is -2.09. The van der Waals surface area contributed by atoms with Crippen molar-refractivity contribution in [2.24, 2.45) is 5.14 Å². The number of imidazole rings is 1. The highest BCUT2D eigenvalue weighted by molar-refractivity contribution is 7.89. The van der Waals surface area contributed by atoms with Gasteiger partial charge in [-0.2, -0.15) is 0 Å². The van der Waals surface area contributed by atoms with Crippen molar-refractivity contribution in [1.29, 1.82) is 0 Å². The minimum atomic E-state index is -3.76. The van der Waals surface area contributed by atoms with Gasteiger partial charge in [0, 0.05) is 11.8 Å². The standard InChI is InChI=1S/C12H15N3O3S/c1-9-3-4-11(18-2)10(5-9)6-15-7-12(14-8-15)19(13,16)17/h3-5,7-8H,6H2,1-2H3,(H2,13,16,17). The monoisotopic (exact) mass is 281 g/mol. The van der Waals surface area contributed by atoms with E-state index in [-0.39, 0.29) is 5.03 Å². The van der Waals surface area contributed by atoms with E-state index in [0.29, 0.717) is 6.54 Å². The van der Waals surface area contributed by atoms with Crippen molar-refractivity contribution < 1.29 is 13.2 Å². The topological polar surface area (TPSA) is 87.2 Å². The van der Waals surface area contributed by atoms with Gasteiger partial charge in [-0.3, -0.25) is 0 Å². The van der Waals surface area contributed by atoms with E-state index in [4.69, 9.17) is 9.88 Å². The molecule has 1 aromatic heterocycles. The maximum atomic E-state index is 11.2. The van der Waals surface area contributed by atoms with Crippen LogP contribution in [0, 0.1) is 6.92 Å². The molecule has 0 saturated carbocycles. The molecule has 0 saturated heterocycles. The number of benzene rings is 1. The highest BCUT2D eigenvalue weighted by atomic mass is 32.2. The summed E-state index contributed by atoms with van der Waals surface area (Å²) >= 11 is 0. The molecule has 0 aliphatic carbocycles. The van der Waals surface area contributed by atoms with Gasteiger partial charge >= 0.3 is 0 Å². The van der Waals surface area contributed by atoms with Crippen molar-refractivity contribution in [2.45, 2.75) is 18.5 Å². The van der Waals surface area contributed by atoms with Gasteiger partial charge in [0.1, 0.15) is 5.75 Å². The Morgan fingerprint density at radius 3 is 2.74 bits per heavy atom. The number of rotatable bonds is 4. The molecule has 0 bridgehead atoms. The van der Waals surface area contributed by atoms with Crippen molar-refractivity contribution in [3.63, 3.8) is 0 Å². The van der Waals surface area contributed by atoms with Gasteiger partial charge in [0.2, 0.25) is 0 Å². The lowest BCUT2D eigenvalue weighted by Crippen LogP contribution is -2.12. The quantitative estimate of drug-likeness (QED) is 0.901. The van der Waals surface area contributed by atoms with E-state index < -0.39 is 10.0 Å². The minimum absolute atomic E-state index is 0.140. The van der Waals surface area contributed by atoms with Crippen LogP contribution in [-0.2, 0) is 16.6 Å². The van der Waals surface area contributed by atoms with Crippen molar-refractivity contribution in [3.05, 3.63) is 41.9 Å². The Morgan fingerprint density at radius 2 is 2.16 bits per heavy atom.